The Morgan fingerprint density at radius 3 is 2.62 bits per heavy atom. The van der Waals surface area contributed by atoms with Gasteiger partial charge in [0.1, 0.15) is 10.8 Å². The molecule has 2 rings (SSSR count). The quantitative estimate of drug-likeness (QED) is 0.467. The number of amides is 1. The van der Waals surface area contributed by atoms with Crippen molar-refractivity contribution >= 4 is 35.0 Å². The Morgan fingerprint density at radius 1 is 1.31 bits per heavy atom. The second-order valence-electron chi connectivity index (χ2n) is 5.71. The fourth-order valence-electron chi connectivity index (χ4n) is 2.11. The summed E-state index contributed by atoms with van der Waals surface area (Å²) in [4.78, 5) is 34.5. The molecule has 9 nitrogen and oxygen atoms in total. The maximum absolute atomic E-state index is 12.2. The number of halogens is 1. The normalized spacial score (nSPS) is 11.9. The molecule has 0 unspecified atom stereocenters. The van der Waals surface area contributed by atoms with E-state index >= 15 is 0 Å². The molecule has 1 amide bonds. The lowest BCUT2D eigenvalue weighted by atomic mass is 10.2. The molecular weight excluding hydrogens is 364 g/mol. The van der Waals surface area contributed by atoms with Gasteiger partial charge in [-0.15, -0.1) is 0 Å². The van der Waals surface area contributed by atoms with E-state index in [0.717, 1.165) is 6.07 Å². The molecule has 0 radical (unpaired) electrons. The zero-order valence-corrected chi connectivity index (χ0v) is 15.1. The largest absolute Gasteiger partial charge is 0.449 e. The number of aromatic nitrogens is 2. The smallest absolute Gasteiger partial charge is 0.339 e. The van der Waals surface area contributed by atoms with E-state index in [1.165, 1.54) is 19.1 Å². The number of carbonyl (C=O) groups excluding carboxylic acids is 2. The zero-order valence-electron chi connectivity index (χ0n) is 14.3. The second-order valence-corrected chi connectivity index (χ2v) is 6.12. The Hall–Kier alpha value is -2.94. The summed E-state index contributed by atoms with van der Waals surface area (Å²) in [5.74, 6) is -0.955. The van der Waals surface area contributed by atoms with Crippen molar-refractivity contribution in [2.75, 3.05) is 5.32 Å². The van der Waals surface area contributed by atoms with E-state index in [-0.39, 0.29) is 16.6 Å². The lowest BCUT2D eigenvalue weighted by Gasteiger charge is -2.15. The molecule has 1 atom stereocenters. The van der Waals surface area contributed by atoms with Gasteiger partial charge in [0, 0.05) is 18.2 Å². The van der Waals surface area contributed by atoms with E-state index in [9.17, 15) is 19.7 Å². The first kappa shape index (κ1) is 19.4. The van der Waals surface area contributed by atoms with E-state index in [2.05, 4.69) is 10.4 Å². The highest BCUT2D eigenvalue weighted by molar-refractivity contribution is 6.32. The van der Waals surface area contributed by atoms with Gasteiger partial charge in [0.15, 0.2) is 6.10 Å². The minimum Gasteiger partial charge on any atom is -0.449 e. The molecule has 0 aliphatic rings. The monoisotopic (exact) mass is 380 g/mol. The van der Waals surface area contributed by atoms with Crippen molar-refractivity contribution in [2.45, 2.75) is 32.9 Å². The number of hydrogen-bond donors (Lipinski definition) is 1. The van der Waals surface area contributed by atoms with Crippen LogP contribution in [0.1, 0.15) is 37.2 Å². The summed E-state index contributed by atoms with van der Waals surface area (Å²) in [6.07, 6.45) is 0.423. The topological polar surface area (TPSA) is 116 Å². The maximum Gasteiger partial charge on any atom is 0.339 e. The van der Waals surface area contributed by atoms with Crippen molar-refractivity contribution in [3.8, 4) is 0 Å². The van der Waals surface area contributed by atoms with Gasteiger partial charge in [-0.25, -0.2) is 9.48 Å². The number of ether oxygens (including phenoxy) is 1. The Kier molecular flexibility index (Phi) is 5.93. The standard InChI is InChI=1S/C16H17ClN4O5/c1-9(2)20-14(6-7-18-20)19-15(22)10(3)26-16(23)11-4-5-12(17)13(8-11)21(24)25/h4-10H,1-3H3,(H,19,22)/t10-/m1/s1. The maximum atomic E-state index is 12.2. The van der Waals surface area contributed by atoms with Crippen molar-refractivity contribution in [1.82, 2.24) is 9.78 Å². The first-order valence-electron chi connectivity index (χ1n) is 7.70. The fourth-order valence-corrected chi connectivity index (χ4v) is 2.30. The molecule has 26 heavy (non-hydrogen) atoms. The van der Waals surface area contributed by atoms with Crippen LogP contribution >= 0.6 is 11.6 Å². The van der Waals surface area contributed by atoms with Gasteiger partial charge in [0.25, 0.3) is 11.6 Å². The van der Waals surface area contributed by atoms with Gasteiger partial charge < -0.3 is 10.1 Å². The van der Waals surface area contributed by atoms with Gasteiger partial charge in [-0.2, -0.15) is 5.10 Å². The summed E-state index contributed by atoms with van der Waals surface area (Å²) in [5, 5.41) is 17.5. The molecule has 138 valence electrons. The van der Waals surface area contributed by atoms with Crippen molar-refractivity contribution in [3.63, 3.8) is 0 Å². The van der Waals surface area contributed by atoms with Crippen LogP contribution in [-0.4, -0.2) is 32.7 Å². The van der Waals surface area contributed by atoms with Crippen molar-refractivity contribution in [2.24, 2.45) is 0 Å². The minimum absolute atomic E-state index is 0.0350. The summed E-state index contributed by atoms with van der Waals surface area (Å²) >= 11 is 5.71. The average Bonchev–Trinajstić information content (AvgIpc) is 3.03. The molecule has 0 spiro atoms. The molecule has 0 aliphatic heterocycles. The number of hydrogen-bond acceptors (Lipinski definition) is 6. The molecule has 1 N–H and O–H groups in total. The van der Waals surface area contributed by atoms with E-state index in [0.29, 0.717) is 5.82 Å². The number of nitrogens with one attached hydrogen (secondary N) is 1. The number of rotatable bonds is 6. The number of carbonyl (C=O) groups is 2. The summed E-state index contributed by atoms with van der Waals surface area (Å²) in [5.41, 5.74) is -0.493. The molecule has 0 saturated carbocycles. The molecule has 2 aromatic rings. The highest BCUT2D eigenvalue weighted by Gasteiger charge is 2.23. The molecular formula is C16H17ClN4O5. The van der Waals surface area contributed by atoms with Crippen LogP contribution in [0.3, 0.4) is 0 Å². The first-order chi connectivity index (χ1) is 12.2. The number of nitro groups is 1. The predicted octanol–water partition coefficient (Wildman–Crippen LogP) is 3.21. The van der Waals surface area contributed by atoms with E-state index in [4.69, 9.17) is 16.3 Å². The van der Waals surface area contributed by atoms with Crippen LogP contribution in [0, 0.1) is 10.1 Å². The van der Waals surface area contributed by atoms with Crippen LogP contribution in [0.25, 0.3) is 0 Å². The van der Waals surface area contributed by atoms with Crippen LogP contribution in [0.2, 0.25) is 5.02 Å². The number of nitro benzene ring substituents is 1. The highest BCUT2D eigenvalue weighted by atomic mass is 35.5. The van der Waals surface area contributed by atoms with Crippen molar-refractivity contribution < 1.29 is 19.2 Å². The predicted molar refractivity (Wildman–Crippen MR) is 94.2 cm³/mol. The van der Waals surface area contributed by atoms with Crippen molar-refractivity contribution in [1.29, 1.82) is 0 Å². The van der Waals surface area contributed by atoms with Gasteiger partial charge in [0.05, 0.1) is 16.7 Å². The van der Waals surface area contributed by atoms with E-state index in [1.807, 2.05) is 13.8 Å². The lowest BCUT2D eigenvalue weighted by Crippen LogP contribution is -2.31. The molecule has 1 aromatic heterocycles. The highest BCUT2D eigenvalue weighted by Crippen LogP contribution is 2.25. The SMILES string of the molecule is CC(C)n1nccc1NC(=O)[C@@H](C)OC(=O)c1ccc(Cl)c([N+](=O)[O-])c1. The summed E-state index contributed by atoms with van der Waals surface area (Å²) in [7, 11) is 0. The third-order valence-electron chi connectivity index (χ3n) is 3.44. The molecule has 10 heteroatoms. The Balaban J connectivity index is 2.07. The van der Waals surface area contributed by atoms with Crippen LogP contribution in [0.5, 0.6) is 0 Å². The number of esters is 1. The summed E-state index contributed by atoms with van der Waals surface area (Å²) in [6, 6.07) is 5.17. The summed E-state index contributed by atoms with van der Waals surface area (Å²) < 4.78 is 6.68. The van der Waals surface area contributed by atoms with Crippen LogP contribution in [-0.2, 0) is 9.53 Å². The molecule has 1 heterocycles. The van der Waals surface area contributed by atoms with Gasteiger partial charge >= 0.3 is 5.97 Å². The number of benzene rings is 1. The van der Waals surface area contributed by atoms with Gasteiger partial charge in [-0.1, -0.05) is 11.6 Å². The van der Waals surface area contributed by atoms with Gasteiger partial charge in [-0.3, -0.25) is 14.9 Å². The van der Waals surface area contributed by atoms with E-state index in [1.54, 1.807) is 16.9 Å². The Morgan fingerprint density at radius 2 is 2.00 bits per heavy atom. The fraction of sp³-hybridized carbons (Fsp3) is 0.312. The van der Waals surface area contributed by atoms with Crippen LogP contribution in [0.15, 0.2) is 30.5 Å². The Labute approximate surface area is 154 Å². The molecule has 1 aromatic carbocycles. The van der Waals surface area contributed by atoms with Gasteiger partial charge in [0.2, 0.25) is 0 Å². The van der Waals surface area contributed by atoms with Crippen molar-refractivity contribution in [3.05, 3.63) is 51.2 Å². The van der Waals surface area contributed by atoms with Crippen LogP contribution in [0.4, 0.5) is 11.5 Å². The third-order valence-corrected chi connectivity index (χ3v) is 3.76. The molecule has 0 saturated heterocycles. The Bertz CT molecular complexity index is 849. The number of anilines is 1. The molecule has 0 aliphatic carbocycles. The third kappa shape index (κ3) is 4.37. The first-order valence-corrected chi connectivity index (χ1v) is 8.07. The van der Waals surface area contributed by atoms with Gasteiger partial charge in [-0.05, 0) is 32.9 Å². The number of nitrogens with zero attached hydrogens (tertiary/aromatic N) is 3. The zero-order chi connectivity index (χ0) is 19.4. The minimum atomic E-state index is -1.12. The van der Waals surface area contributed by atoms with Crippen LogP contribution < -0.4 is 5.32 Å². The molecule has 0 fully saturated rings. The average molecular weight is 381 g/mol. The second kappa shape index (κ2) is 7.96. The summed E-state index contributed by atoms with van der Waals surface area (Å²) in [6.45, 7) is 5.20. The molecule has 0 bridgehead atoms. The van der Waals surface area contributed by atoms with E-state index < -0.39 is 28.6 Å². The lowest BCUT2D eigenvalue weighted by molar-refractivity contribution is -0.384.